The summed E-state index contributed by atoms with van der Waals surface area (Å²) in [5.41, 5.74) is 5.83. The summed E-state index contributed by atoms with van der Waals surface area (Å²) in [6.45, 7) is 4.11. The Morgan fingerprint density at radius 1 is 1.67 bits per heavy atom. The van der Waals surface area contributed by atoms with E-state index in [-0.39, 0.29) is 0 Å². The van der Waals surface area contributed by atoms with Gasteiger partial charge < -0.3 is 16.3 Å². The molecule has 0 saturated heterocycles. The van der Waals surface area contributed by atoms with Crippen molar-refractivity contribution in [3.63, 3.8) is 0 Å². The summed E-state index contributed by atoms with van der Waals surface area (Å²) in [7, 11) is 0. The third-order valence-corrected chi connectivity index (χ3v) is 2.34. The molecular formula is C8H17N3O. The zero-order valence-electron chi connectivity index (χ0n) is 7.51. The first-order chi connectivity index (χ1) is 5.66. The fourth-order valence-electron chi connectivity index (χ4n) is 1.05. The van der Waals surface area contributed by atoms with Gasteiger partial charge in [-0.2, -0.15) is 0 Å². The van der Waals surface area contributed by atoms with E-state index in [4.69, 9.17) is 10.9 Å². The third-order valence-electron chi connectivity index (χ3n) is 2.34. The van der Waals surface area contributed by atoms with Crippen molar-refractivity contribution in [1.82, 2.24) is 5.32 Å². The van der Waals surface area contributed by atoms with Gasteiger partial charge in [-0.05, 0) is 18.3 Å². The standard InChI is InChI=1S/C8H17N3O/c1-8(3-4-8)6-10-5-2-7(9)11-12/h10,12H,2-6H2,1H3,(H2,9,11). The van der Waals surface area contributed by atoms with Crippen LogP contribution in [0.4, 0.5) is 0 Å². The first kappa shape index (κ1) is 9.32. The molecule has 1 saturated carbocycles. The summed E-state index contributed by atoms with van der Waals surface area (Å²) in [4.78, 5) is 0. The van der Waals surface area contributed by atoms with Crippen molar-refractivity contribution in [2.75, 3.05) is 13.1 Å². The Labute approximate surface area is 72.8 Å². The van der Waals surface area contributed by atoms with E-state index in [1.807, 2.05) is 0 Å². The maximum absolute atomic E-state index is 8.24. The summed E-state index contributed by atoms with van der Waals surface area (Å²) in [5, 5.41) is 14.4. The van der Waals surface area contributed by atoms with E-state index in [0.717, 1.165) is 13.1 Å². The van der Waals surface area contributed by atoms with Crippen LogP contribution in [-0.4, -0.2) is 24.1 Å². The van der Waals surface area contributed by atoms with Crippen LogP contribution in [0.3, 0.4) is 0 Å². The number of oxime groups is 1. The van der Waals surface area contributed by atoms with Crippen LogP contribution in [0.1, 0.15) is 26.2 Å². The first-order valence-corrected chi connectivity index (χ1v) is 4.33. The van der Waals surface area contributed by atoms with Crippen LogP contribution in [-0.2, 0) is 0 Å². The second kappa shape index (κ2) is 3.76. The van der Waals surface area contributed by atoms with Crippen molar-refractivity contribution in [2.24, 2.45) is 16.3 Å². The molecule has 0 unspecified atom stereocenters. The lowest BCUT2D eigenvalue weighted by Crippen LogP contribution is -2.26. The van der Waals surface area contributed by atoms with Crippen LogP contribution in [0.2, 0.25) is 0 Å². The van der Waals surface area contributed by atoms with E-state index in [0.29, 0.717) is 17.7 Å². The number of rotatable bonds is 5. The minimum atomic E-state index is 0.295. The maximum Gasteiger partial charge on any atom is 0.140 e. The SMILES string of the molecule is CC1(CNCCC(N)=NO)CC1. The Morgan fingerprint density at radius 2 is 2.33 bits per heavy atom. The van der Waals surface area contributed by atoms with Gasteiger partial charge in [0.25, 0.3) is 0 Å². The predicted octanol–water partition coefficient (Wildman–Crippen LogP) is 0.513. The van der Waals surface area contributed by atoms with Crippen LogP contribution in [0.15, 0.2) is 5.16 Å². The molecule has 0 aromatic heterocycles. The predicted molar refractivity (Wildman–Crippen MR) is 48.2 cm³/mol. The van der Waals surface area contributed by atoms with Gasteiger partial charge in [-0.1, -0.05) is 12.1 Å². The third kappa shape index (κ3) is 3.09. The minimum Gasteiger partial charge on any atom is -0.409 e. The van der Waals surface area contributed by atoms with Crippen LogP contribution in [0, 0.1) is 5.41 Å². The molecule has 4 heteroatoms. The van der Waals surface area contributed by atoms with Crippen molar-refractivity contribution in [3.8, 4) is 0 Å². The van der Waals surface area contributed by atoms with Gasteiger partial charge in [0.2, 0.25) is 0 Å². The highest BCUT2D eigenvalue weighted by molar-refractivity contribution is 5.79. The smallest absolute Gasteiger partial charge is 0.140 e. The van der Waals surface area contributed by atoms with Crippen molar-refractivity contribution in [2.45, 2.75) is 26.2 Å². The molecule has 0 heterocycles. The number of hydrogen-bond donors (Lipinski definition) is 3. The lowest BCUT2D eigenvalue weighted by Gasteiger charge is -2.08. The highest BCUT2D eigenvalue weighted by Crippen LogP contribution is 2.43. The summed E-state index contributed by atoms with van der Waals surface area (Å²) in [6.07, 6.45) is 3.26. The molecule has 0 spiro atoms. The van der Waals surface area contributed by atoms with E-state index in [9.17, 15) is 0 Å². The molecule has 1 fully saturated rings. The molecule has 0 aromatic rings. The molecule has 0 atom stereocenters. The number of amidine groups is 1. The van der Waals surface area contributed by atoms with Crippen molar-refractivity contribution >= 4 is 5.84 Å². The molecule has 0 aliphatic heterocycles. The van der Waals surface area contributed by atoms with Crippen LogP contribution in [0.25, 0.3) is 0 Å². The fourth-order valence-corrected chi connectivity index (χ4v) is 1.05. The zero-order valence-corrected chi connectivity index (χ0v) is 7.51. The van der Waals surface area contributed by atoms with E-state index < -0.39 is 0 Å². The second-order valence-corrected chi connectivity index (χ2v) is 3.83. The van der Waals surface area contributed by atoms with Gasteiger partial charge in [-0.3, -0.25) is 0 Å². The van der Waals surface area contributed by atoms with Crippen molar-refractivity contribution in [3.05, 3.63) is 0 Å². The van der Waals surface area contributed by atoms with Gasteiger partial charge >= 0.3 is 0 Å². The molecule has 12 heavy (non-hydrogen) atoms. The van der Waals surface area contributed by atoms with Crippen LogP contribution >= 0.6 is 0 Å². The topological polar surface area (TPSA) is 70.6 Å². The Kier molecular flexibility index (Phi) is 2.92. The molecule has 1 aliphatic carbocycles. The summed E-state index contributed by atoms with van der Waals surface area (Å²) >= 11 is 0. The second-order valence-electron chi connectivity index (χ2n) is 3.83. The Hall–Kier alpha value is -0.770. The van der Waals surface area contributed by atoms with Crippen molar-refractivity contribution in [1.29, 1.82) is 0 Å². The Morgan fingerprint density at radius 3 is 2.83 bits per heavy atom. The molecule has 4 nitrogen and oxygen atoms in total. The summed E-state index contributed by atoms with van der Waals surface area (Å²) < 4.78 is 0. The Balaban J connectivity index is 1.96. The quantitative estimate of drug-likeness (QED) is 0.185. The molecule has 70 valence electrons. The summed E-state index contributed by atoms with van der Waals surface area (Å²) in [6, 6.07) is 0. The highest BCUT2D eigenvalue weighted by Gasteiger charge is 2.36. The van der Waals surface area contributed by atoms with E-state index >= 15 is 0 Å². The highest BCUT2D eigenvalue weighted by atomic mass is 16.4. The molecule has 1 aliphatic rings. The van der Waals surface area contributed by atoms with Crippen molar-refractivity contribution < 1.29 is 5.21 Å². The van der Waals surface area contributed by atoms with Gasteiger partial charge in [0, 0.05) is 19.5 Å². The van der Waals surface area contributed by atoms with Gasteiger partial charge in [0.1, 0.15) is 5.84 Å². The fraction of sp³-hybridized carbons (Fsp3) is 0.875. The molecule has 0 bridgehead atoms. The van der Waals surface area contributed by atoms with Gasteiger partial charge in [-0.25, -0.2) is 0 Å². The molecular weight excluding hydrogens is 154 g/mol. The van der Waals surface area contributed by atoms with Gasteiger partial charge in [0.05, 0.1) is 0 Å². The van der Waals surface area contributed by atoms with E-state index in [1.165, 1.54) is 12.8 Å². The summed E-state index contributed by atoms with van der Waals surface area (Å²) in [5.74, 6) is 0.295. The largest absolute Gasteiger partial charge is 0.409 e. The number of hydrogen-bond acceptors (Lipinski definition) is 3. The van der Waals surface area contributed by atoms with Crippen LogP contribution < -0.4 is 11.1 Å². The maximum atomic E-state index is 8.24. The van der Waals surface area contributed by atoms with Gasteiger partial charge in [0.15, 0.2) is 0 Å². The lowest BCUT2D eigenvalue weighted by atomic mass is 10.1. The van der Waals surface area contributed by atoms with E-state index in [2.05, 4.69) is 17.4 Å². The lowest BCUT2D eigenvalue weighted by molar-refractivity contribution is 0.316. The zero-order chi connectivity index (χ0) is 9.03. The number of nitrogens with zero attached hydrogens (tertiary/aromatic N) is 1. The van der Waals surface area contributed by atoms with Gasteiger partial charge in [-0.15, -0.1) is 0 Å². The monoisotopic (exact) mass is 171 g/mol. The Bertz CT molecular complexity index is 175. The molecule has 0 aromatic carbocycles. The molecule has 4 N–H and O–H groups in total. The minimum absolute atomic E-state index is 0.295. The van der Waals surface area contributed by atoms with Crippen LogP contribution in [0.5, 0.6) is 0 Å². The normalized spacial score (nSPS) is 20.9. The molecule has 0 amide bonds. The number of nitrogens with one attached hydrogen (secondary N) is 1. The average molecular weight is 171 g/mol. The average Bonchev–Trinajstić information content (AvgIpc) is 2.78. The number of nitrogens with two attached hydrogens (primary N) is 1. The molecule has 0 radical (unpaired) electrons. The van der Waals surface area contributed by atoms with E-state index in [1.54, 1.807) is 0 Å². The first-order valence-electron chi connectivity index (χ1n) is 4.33. The molecule has 1 rings (SSSR count).